The summed E-state index contributed by atoms with van der Waals surface area (Å²) in [5, 5.41) is 0. The van der Waals surface area contributed by atoms with E-state index in [1.165, 1.54) is 212 Å². The van der Waals surface area contributed by atoms with Crippen LogP contribution in [0.5, 0.6) is 0 Å². The second kappa shape index (κ2) is 30.8. The van der Waals surface area contributed by atoms with Crippen molar-refractivity contribution in [3.63, 3.8) is 0 Å². The van der Waals surface area contributed by atoms with Crippen molar-refractivity contribution in [2.75, 3.05) is 13.1 Å². The minimum Gasteiger partial charge on any atom is -0.356 e. The molecule has 0 aliphatic carbocycles. The van der Waals surface area contributed by atoms with Gasteiger partial charge in [0, 0.05) is 25.5 Å². The molecule has 2 heteroatoms. The Labute approximate surface area is 260 Å². The predicted octanol–water partition coefficient (Wildman–Crippen LogP) is 13.6. The van der Waals surface area contributed by atoms with E-state index in [2.05, 4.69) is 43.0 Å². The van der Waals surface area contributed by atoms with Crippen LogP contribution in [0.25, 0.3) is 0 Å². The van der Waals surface area contributed by atoms with Crippen molar-refractivity contribution in [2.24, 2.45) is 0 Å². The molecule has 0 saturated carbocycles. The standard InChI is InChI=1S/C39H78N2/c1-4-7-10-13-16-18-19-20-21-22-23-24-25-26-28-31-34-39-40(35-32-29-15-12-9-6-3)37-38-41(39)36-33-30-27-17-14-11-8-5-2/h37-39H,4-36H2,1-3H3. The second-order valence-electron chi connectivity index (χ2n) is 13.6. The van der Waals surface area contributed by atoms with Crippen LogP contribution in [0.1, 0.15) is 220 Å². The van der Waals surface area contributed by atoms with Crippen molar-refractivity contribution in [1.29, 1.82) is 0 Å². The third-order valence-electron chi connectivity index (χ3n) is 9.57. The Morgan fingerprint density at radius 2 is 0.561 bits per heavy atom. The zero-order chi connectivity index (χ0) is 29.5. The molecule has 1 unspecified atom stereocenters. The van der Waals surface area contributed by atoms with Gasteiger partial charge in [0.15, 0.2) is 0 Å². The predicted molar refractivity (Wildman–Crippen MR) is 186 cm³/mol. The van der Waals surface area contributed by atoms with E-state index < -0.39 is 0 Å². The lowest BCUT2D eigenvalue weighted by Gasteiger charge is -2.33. The summed E-state index contributed by atoms with van der Waals surface area (Å²) in [6.07, 6.45) is 49.9. The summed E-state index contributed by atoms with van der Waals surface area (Å²) in [6, 6.07) is 0. The molecule has 2 nitrogen and oxygen atoms in total. The lowest BCUT2D eigenvalue weighted by Crippen LogP contribution is -2.39. The highest BCUT2D eigenvalue weighted by molar-refractivity contribution is 4.97. The summed E-state index contributed by atoms with van der Waals surface area (Å²) in [6.45, 7) is 9.47. The summed E-state index contributed by atoms with van der Waals surface area (Å²) in [5.41, 5.74) is 0. The SMILES string of the molecule is CCCCCCCCCCCCCCCCCCC1N(CCCCCCCC)C=CN1CCCCCCCCCC. The van der Waals surface area contributed by atoms with Gasteiger partial charge < -0.3 is 9.80 Å². The van der Waals surface area contributed by atoms with Crippen molar-refractivity contribution < 1.29 is 0 Å². The maximum atomic E-state index is 2.71. The zero-order valence-corrected chi connectivity index (χ0v) is 29.0. The van der Waals surface area contributed by atoms with Gasteiger partial charge in [-0.1, -0.05) is 194 Å². The molecule has 0 fully saturated rings. The van der Waals surface area contributed by atoms with Gasteiger partial charge in [0.2, 0.25) is 0 Å². The van der Waals surface area contributed by atoms with Gasteiger partial charge in [0.05, 0.1) is 0 Å². The van der Waals surface area contributed by atoms with Crippen LogP contribution in [0.15, 0.2) is 12.4 Å². The molecule has 1 atom stereocenters. The molecule has 0 saturated heterocycles. The fourth-order valence-electron chi connectivity index (χ4n) is 6.72. The summed E-state index contributed by atoms with van der Waals surface area (Å²) in [4.78, 5) is 5.41. The van der Waals surface area contributed by atoms with Gasteiger partial charge >= 0.3 is 0 Å². The molecule has 1 aliphatic rings. The minimum atomic E-state index is 0.641. The Hall–Kier alpha value is -0.660. The second-order valence-corrected chi connectivity index (χ2v) is 13.6. The molecule has 0 bridgehead atoms. The molecule has 0 aromatic carbocycles. The van der Waals surface area contributed by atoms with Crippen LogP contribution < -0.4 is 0 Å². The molecule has 41 heavy (non-hydrogen) atoms. The average molecular weight is 575 g/mol. The molecule has 1 aliphatic heterocycles. The van der Waals surface area contributed by atoms with E-state index in [0.717, 1.165) is 0 Å². The molecule has 0 aromatic heterocycles. The first-order valence-electron chi connectivity index (χ1n) is 19.5. The molecule has 1 heterocycles. The first-order chi connectivity index (χ1) is 20.3. The molecule has 244 valence electrons. The van der Waals surface area contributed by atoms with Crippen LogP contribution in [0, 0.1) is 0 Å². The topological polar surface area (TPSA) is 6.48 Å². The number of nitrogens with zero attached hydrogens (tertiary/aromatic N) is 2. The first kappa shape index (κ1) is 38.4. The maximum absolute atomic E-state index is 2.71. The molecular formula is C39H78N2. The average Bonchev–Trinajstić information content (AvgIpc) is 3.37. The van der Waals surface area contributed by atoms with Gasteiger partial charge in [0.1, 0.15) is 6.17 Å². The van der Waals surface area contributed by atoms with Gasteiger partial charge in [-0.25, -0.2) is 0 Å². The smallest absolute Gasteiger partial charge is 0.101 e. The van der Waals surface area contributed by atoms with Crippen LogP contribution in [0.2, 0.25) is 0 Å². The van der Waals surface area contributed by atoms with E-state index >= 15 is 0 Å². The zero-order valence-electron chi connectivity index (χ0n) is 29.0. The molecular weight excluding hydrogens is 496 g/mol. The summed E-state index contributed by atoms with van der Waals surface area (Å²) in [5.74, 6) is 0. The molecule has 0 radical (unpaired) electrons. The lowest BCUT2D eigenvalue weighted by atomic mass is 10.0. The molecule has 0 amide bonds. The van der Waals surface area contributed by atoms with Gasteiger partial charge in [-0.2, -0.15) is 0 Å². The van der Waals surface area contributed by atoms with Gasteiger partial charge in [-0.15, -0.1) is 0 Å². The highest BCUT2D eigenvalue weighted by atomic mass is 15.4. The van der Waals surface area contributed by atoms with Crippen molar-refractivity contribution in [2.45, 2.75) is 226 Å². The Kier molecular flexibility index (Phi) is 28.8. The summed E-state index contributed by atoms with van der Waals surface area (Å²) < 4.78 is 0. The third-order valence-corrected chi connectivity index (χ3v) is 9.57. The Morgan fingerprint density at radius 1 is 0.317 bits per heavy atom. The quantitative estimate of drug-likeness (QED) is 0.0719. The van der Waals surface area contributed by atoms with Gasteiger partial charge in [-0.05, 0) is 25.7 Å². The largest absolute Gasteiger partial charge is 0.356 e. The number of unbranched alkanes of at least 4 members (excludes halogenated alkanes) is 27. The van der Waals surface area contributed by atoms with E-state index in [1.807, 2.05) is 0 Å². The van der Waals surface area contributed by atoms with E-state index in [-0.39, 0.29) is 0 Å². The van der Waals surface area contributed by atoms with Crippen molar-refractivity contribution in [3.05, 3.63) is 12.4 Å². The monoisotopic (exact) mass is 575 g/mol. The number of rotatable bonds is 33. The summed E-state index contributed by atoms with van der Waals surface area (Å²) in [7, 11) is 0. The Bertz CT molecular complexity index is 530. The van der Waals surface area contributed by atoms with Crippen LogP contribution in [-0.2, 0) is 0 Å². The van der Waals surface area contributed by atoms with E-state index in [4.69, 9.17) is 0 Å². The van der Waals surface area contributed by atoms with E-state index in [9.17, 15) is 0 Å². The fourth-order valence-corrected chi connectivity index (χ4v) is 6.72. The fraction of sp³-hybridized carbons (Fsp3) is 0.949. The molecule has 1 rings (SSSR count). The van der Waals surface area contributed by atoms with Gasteiger partial charge in [-0.3, -0.25) is 0 Å². The lowest BCUT2D eigenvalue weighted by molar-refractivity contribution is 0.135. The van der Waals surface area contributed by atoms with Crippen molar-refractivity contribution >= 4 is 0 Å². The number of hydrogen-bond donors (Lipinski definition) is 0. The van der Waals surface area contributed by atoms with Crippen LogP contribution in [0.4, 0.5) is 0 Å². The van der Waals surface area contributed by atoms with Crippen LogP contribution >= 0.6 is 0 Å². The molecule has 0 N–H and O–H groups in total. The van der Waals surface area contributed by atoms with E-state index in [0.29, 0.717) is 6.17 Å². The Morgan fingerprint density at radius 3 is 0.854 bits per heavy atom. The highest BCUT2D eigenvalue weighted by Crippen LogP contribution is 2.24. The van der Waals surface area contributed by atoms with Crippen molar-refractivity contribution in [1.82, 2.24) is 9.80 Å². The summed E-state index contributed by atoms with van der Waals surface area (Å²) >= 11 is 0. The van der Waals surface area contributed by atoms with E-state index in [1.54, 1.807) is 0 Å². The third kappa shape index (κ3) is 23.5. The van der Waals surface area contributed by atoms with Crippen LogP contribution in [0.3, 0.4) is 0 Å². The normalized spacial score (nSPS) is 15.0. The van der Waals surface area contributed by atoms with Crippen molar-refractivity contribution in [3.8, 4) is 0 Å². The first-order valence-corrected chi connectivity index (χ1v) is 19.5. The minimum absolute atomic E-state index is 0.641. The molecule has 0 aromatic rings. The molecule has 0 spiro atoms. The van der Waals surface area contributed by atoms with Crippen LogP contribution in [-0.4, -0.2) is 29.1 Å². The number of hydrogen-bond acceptors (Lipinski definition) is 2. The maximum Gasteiger partial charge on any atom is 0.101 e. The van der Waals surface area contributed by atoms with Gasteiger partial charge in [0.25, 0.3) is 0 Å². The highest BCUT2D eigenvalue weighted by Gasteiger charge is 2.24. The Balaban J connectivity index is 2.14.